The lowest BCUT2D eigenvalue weighted by Gasteiger charge is -2.08. The van der Waals surface area contributed by atoms with Crippen LogP contribution in [-0.2, 0) is 0 Å². The Morgan fingerprint density at radius 2 is 1.69 bits per heavy atom. The molecule has 1 aromatic heterocycles. The predicted octanol–water partition coefficient (Wildman–Crippen LogP) is 4.49. The van der Waals surface area contributed by atoms with Crippen molar-refractivity contribution >= 4 is 35.6 Å². The molecule has 0 fully saturated rings. The van der Waals surface area contributed by atoms with Gasteiger partial charge in [-0.1, -0.05) is 29.8 Å². The molecule has 2 rings (SSSR count). The van der Waals surface area contributed by atoms with Gasteiger partial charge in [-0.05, 0) is 29.8 Å². The van der Waals surface area contributed by atoms with Crippen molar-refractivity contribution in [2.75, 3.05) is 0 Å². The third-order valence-corrected chi connectivity index (χ3v) is 2.84. The molecular weight excluding hydrogens is 264 g/mol. The summed E-state index contributed by atoms with van der Waals surface area (Å²) in [4.78, 5) is 4.21. The van der Waals surface area contributed by atoms with Gasteiger partial charge in [0.15, 0.2) is 0 Å². The quantitative estimate of drug-likeness (QED) is 0.736. The van der Waals surface area contributed by atoms with E-state index in [9.17, 15) is 0 Å². The Labute approximate surface area is 111 Å². The summed E-state index contributed by atoms with van der Waals surface area (Å²) in [6.07, 6.45) is 1.74. The molecule has 0 amide bonds. The number of rotatable bonds is 2. The fraction of sp³-hybridized carbons (Fsp3) is 0.0833. The predicted molar refractivity (Wildman–Crippen MR) is 70.6 cm³/mol. The van der Waals surface area contributed by atoms with Crippen LogP contribution in [0.15, 0.2) is 48.7 Å². The Balaban J connectivity index is 0.00000128. The first-order chi connectivity index (χ1) is 7.27. The average molecular weight is 275 g/mol. The van der Waals surface area contributed by atoms with E-state index in [4.69, 9.17) is 23.2 Å². The molecule has 1 unspecified atom stereocenters. The summed E-state index contributed by atoms with van der Waals surface area (Å²) < 4.78 is 0. The highest BCUT2D eigenvalue weighted by Gasteiger charge is 2.10. The standard InChI is InChI=1S/C12H9Cl2N.ClH/c13-10-6-4-9(5-7-10)12(14)11-3-1-2-8-15-11;/h1-8,12H;1H. The van der Waals surface area contributed by atoms with Crippen LogP contribution in [0.3, 0.4) is 0 Å². The molecule has 2 aromatic rings. The third-order valence-electron chi connectivity index (χ3n) is 2.11. The minimum Gasteiger partial charge on any atom is -0.259 e. The maximum Gasteiger partial charge on any atom is 0.101 e. The number of benzene rings is 1. The summed E-state index contributed by atoms with van der Waals surface area (Å²) in [5.41, 5.74) is 1.85. The average Bonchev–Trinajstić information content (AvgIpc) is 2.30. The molecule has 4 heteroatoms. The molecule has 1 heterocycles. The lowest BCUT2D eigenvalue weighted by Crippen LogP contribution is -1.95. The van der Waals surface area contributed by atoms with Gasteiger partial charge in [0.1, 0.15) is 5.38 Å². The molecule has 0 saturated carbocycles. The monoisotopic (exact) mass is 273 g/mol. The van der Waals surface area contributed by atoms with Crippen LogP contribution in [0.2, 0.25) is 5.02 Å². The molecular formula is C12H10Cl3N. The Morgan fingerprint density at radius 1 is 1.00 bits per heavy atom. The first kappa shape index (κ1) is 13.3. The molecule has 0 bridgehead atoms. The topological polar surface area (TPSA) is 12.9 Å². The zero-order valence-corrected chi connectivity index (χ0v) is 10.6. The van der Waals surface area contributed by atoms with Crippen molar-refractivity contribution in [1.29, 1.82) is 0 Å². The first-order valence-electron chi connectivity index (χ1n) is 4.58. The van der Waals surface area contributed by atoms with E-state index in [2.05, 4.69) is 4.98 Å². The molecule has 0 saturated heterocycles. The Kier molecular flexibility index (Phi) is 5.07. The number of hydrogen-bond acceptors (Lipinski definition) is 1. The van der Waals surface area contributed by atoms with Crippen LogP contribution >= 0.6 is 35.6 Å². The van der Waals surface area contributed by atoms with Gasteiger partial charge in [-0.2, -0.15) is 0 Å². The van der Waals surface area contributed by atoms with E-state index in [1.807, 2.05) is 42.5 Å². The summed E-state index contributed by atoms with van der Waals surface area (Å²) >= 11 is 12.1. The van der Waals surface area contributed by atoms with Crippen LogP contribution in [0.1, 0.15) is 16.6 Å². The second-order valence-electron chi connectivity index (χ2n) is 3.17. The van der Waals surface area contributed by atoms with E-state index >= 15 is 0 Å². The van der Waals surface area contributed by atoms with E-state index in [0.717, 1.165) is 11.3 Å². The number of aromatic nitrogens is 1. The minimum absolute atomic E-state index is 0. The van der Waals surface area contributed by atoms with Gasteiger partial charge in [0, 0.05) is 11.2 Å². The van der Waals surface area contributed by atoms with Crippen LogP contribution in [0, 0.1) is 0 Å². The van der Waals surface area contributed by atoms with Crippen molar-refractivity contribution in [3.63, 3.8) is 0 Å². The van der Waals surface area contributed by atoms with Crippen molar-refractivity contribution in [2.45, 2.75) is 5.38 Å². The number of halogens is 3. The van der Waals surface area contributed by atoms with Crippen molar-refractivity contribution in [3.8, 4) is 0 Å². The molecule has 1 nitrogen and oxygen atoms in total. The van der Waals surface area contributed by atoms with Crippen LogP contribution in [0.4, 0.5) is 0 Å². The second-order valence-corrected chi connectivity index (χ2v) is 4.04. The van der Waals surface area contributed by atoms with Gasteiger partial charge >= 0.3 is 0 Å². The highest BCUT2D eigenvalue weighted by atomic mass is 35.5. The van der Waals surface area contributed by atoms with Gasteiger partial charge in [0.05, 0.1) is 5.69 Å². The molecule has 0 N–H and O–H groups in total. The van der Waals surface area contributed by atoms with Gasteiger partial charge in [-0.15, -0.1) is 24.0 Å². The Morgan fingerprint density at radius 3 is 2.25 bits per heavy atom. The highest BCUT2D eigenvalue weighted by Crippen LogP contribution is 2.27. The van der Waals surface area contributed by atoms with Gasteiger partial charge in [0.2, 0.25) is 0 Å². The summed E-state index contributed by atoms with van der Waals surface area (Å²) in [5.74, 6) is 0. The second kappa shape index (κ2) is 6.09. The van der Waals surface area contributed by atoms with Crippen LogP contribution in [0.25, 0.3) is 0 Å². The summed E-state index contributed by atoms with van der Waals surface area (Å²) in [7, 11) is 0. The molecule has 84 valence electrons. The number of alkyl halides is 1. The van der Waals surface area contributed by atoms with Gasteiger partial charge < -0.3 is 0 Å². The fourth-order valence-electron chi connectivity index (χ4n) is 1.33. The first-order valence-corrected chi connectivity index (χ1v) is 5.39. The third kappa shape index (κ3) is 3.11. The van der Waals surface area contributed by atoms with Crippen molar-refractivity contribution in [2.24, 2.45) is 0 Å². The smallest absolute Gasteiger partial charge is 0.101 e. The zero-order chi connectivity index (χ0) is 10.7. The molecule has 0 radical (unpaired) electrons. The van der Waals surface area contributed by atoms with Crippen molar-refractivity contribution in [1.82, 2.24) is 4.98 Å². The normalized spacial score (nSPS) is 11.6. The molecule has 0 aliphatic heterocycles. The SMILES string of the molecule is Cl.Clc1ccc(C(Cl)c2ccccn2)cc1. The molecule has 0 spiro atoms. The largest absolute Gasteiger partial charge is 0.259 e. The van der Waals surface area contributed by atoms with Gasteiger partial charge in [-0.3, -0.25) is 4.98 Å². The van der Waals surface area contributed by atoms with Crippen LogP contribution in [-0.4, -0.2) is 4.98 Å². The minimum atomic E-state index is -0.219. The van der Waals surface area contributed by atoms with E-state index < -0.39 is 0 Å². The molecule has 1 atom stereocenters. The fourth-order valence-corrected chi connectivity index (χ4v) is 1.73. The lowest BCUT2D eigenvalue weighted by atomic mass is 10.1. The zero-order valence-electron chi connectivity index (χ0n) is 8.31. The van der Waals surface area contributed by atoms with E-state index in [-0.39, 0.29) is 17.8 Å². The number of pyridine rings is 1. The summed E-state index contributed by atoms with van der Waals surface area (Å²) in [6, 6.07) is 13.2. The number of nitrogens with zero attached hydrogens (tertiary/aromatic N) is 1. The van der Waals surface area contributed by atoms with Crippen LogP contribution < -0.4 is 0 Å². The van der Waals surface area contributed by atoms with E-state index in [0.29, 0.717) is 5.02 Å². The Hall–Kier alpha value is -0.760. The van der Waals surface area contributed by atoms with Gasteiger partial charge in [0.25, 0.3) is 0 Å². The summed E-state index contributed by atoms with van der Waals surface area (Å²) in [6.45, 7) is 0. The van der Waals surface area contributed by atoms with Crippen LogP contribution in [0.5, 0.6) is 0 Å². The van der Waals surface area contributed by atoms with E-state index in [1.165, 1.54) is 0 Å². The molecule has 0 aliphatic carbocycles. The number of hydrogen-bond donors (Lipinski definition) is 0. The Bertz CT molecular complexity index is 428. The van der Waals surface area contributed by atoms with Crippen molar-refractivity contribution in [3.05, 3.63) is 64.9 Å². The van der Waals surface area contributed by atoms with Gasteiger partial charge in [-0.25, -0.2) is 0 Å². The highest BCUT2D eigenvalue weighted by molar-refractivity contribution is 6.30. The molecule has 16 heavy (non-hydrogen) atoms. The lowest BCUT2D eigenvalue weighted by molar-refractivity contribution is 1.04. The maximum atomic E-state index is 6.28. The summed E-state index contributed by atoms with van der Waals surface area (Å²) in [5, 5.41) is 0.493. The van der Waals surface area contributed by atoms with E-state index in [1.54, 1.807) is 6.20 Å². The maximum absolute atomic E-state index is 6.28. The molecule has 1 aromatic carbocycles. The van der Waals surface area contributed by atoms with Crippen molar-refractivity contribution < 1.29 is 0 Å². The molecule has 0 aliphatic rings.